The number of thiophene rings is 1. The second-order valence-electron chi connectivity index (χ2n) is 5.45. The first kappa shape index (κ1) is 13.9. The molecule has 1 fully saturated rings. The van der Waals surface area contributed by atoms with E-state index in [4.69, 9.17) is 9.15 Å². The summed E-state index contributed by atoms with van der Waals surface area (Å²) in [6.07, 6.45) is 2.75. The Bertz CT molecular complexity index is 514. The van der Waals surface area contributed by atoms with Gasteiger partial charge in [0.2, 0.25) is 0 Å². The lowest BCUT2D eigenvalue weighted by Gasteiger charge is -2.24. The molecule has 0 radical (unpaired) electrons. The zero-order valence-electron chi connectivity index (χ0n) is 11.9. The van der Waals surface area contributed by atoms with Gasteiger partial charge in [-0.3, -0.25) is 4.90 Å². The normalized spacial score (nSPS) is 19.0. The highest BCUT2D eigenvalue weighted by atomic mass is 32.1. The summed E-state index contributed by atoms with van der Waals surface area (Å²) in [4.78, 5) is 2.43. The van der Waals surface area contributed by atoms with Crippen molar-refractivity contribution in [3.8, 4) is 0 Å². The average molecular weight is 291 g/mol. The molecular weight excluding hydrogens is 270 g/mol. The Morgan fingerprint density at radius 1 is 1.30 bits per heavy atom. The number of hydrogen-bond donors (Lipinski definition) is 0. The molecule has 4 heteroatoms. The van der Waals surface area contributed by atoms with Gasteiger partial charge in [0.25, 0.3) is 0 Å². The molecule has 0 aliphatic carbocycles. The van der Waals surface area contributed by atoms with Crippen LogP contribution in [0.2, 0.25) is 0 Å². The van der Waals surface area contributed by atoms with Gasteiger partial charge in [-0.05, 0) is 54.3 Å². The van der Waals surface area contributed by atoms with Crippen LogP contribution >= 0.6 is 11.3 Å². The predicted molar refractivity (Wildman–Crippen MR) is 80.9 cm³/mol. The molecule has 2 aromatic rings. The van der Waals surface area contributed by atoms with Crippen molar-refractivity contribution >= 4 is 11.3 Å². The topological polar surface area (TPSA) is 25.6 Å². The average Bonchev–Trinajstić information content (AvgIpc) is 3.13. The minimum Gasteiger partial charge on any atom is -0.465 e. The maximum Gasteiger partial charge on any atom is 0.118 e. The summed E-state index contributed by atoms with van der Waals surface area (Å²) in [5, 5.41) is 4.35. The van der Waals surface area contributed by atoms with Crippen LogP contribution in [0.5, 0.6) is 0 Å². The van der Waals surface area contributed by atoms with Gasteiger partial charge in [0.1, 0.15) is 11.5 Å². The van der Waals surface area contributed by atoms with E-state index in [0.717, 1.165) is 37.8 Å². The highest BCUT2D eigenvalue weighted by Crippen LogP contribution is 2.19. The number of ether oxygens (including phenoxy) is 1. The molecule has 1 saturated heterocycles. The molecule has 0 spiro atoms. The molecule has 3 nitrogen and oxygen atoms in total. The Labute approximate surface area is 124 Å². The molecular formula is C16H21NO2S. The molecule has 0 N–H and O–H groups in total. The summed E-state index contributed by atoms with van der Waals surface area (Å²) in [5.74, 6) is 2.02. The Morgan fingerprint density at radius 2 is 2.25 bits per heavy atom. The number of aryl methyl sites for hydroxylation is 1. The van der Waals surface area contributed by atoms with Crippen molar-refractivity contribution in [1.82, 2.24) is 4.90 Å². The van der Waals surface area contributed by atoms with Crippen LogP contribution < -0.4 is 0 Å². The van der Waals surface area contributed by atoms with Gasteiger partial charge in [-0.2, -0.15) is 11.3 Å². The van der Waals surface area contributed by atoms with Gasteiger partial charge in [0, 0.05) is 19.7 Å². The molecule has 0 aromatic carbocycles. The Hall–Kier alpha value is -1.10. The number of nitrogens with zero attached hydrogens (tertiary/aromatic N) is 1. The molecule has 0 saturated carbocycles. The van der Waals surface area contributed by atoms with E-state index >= 15 is 0 Å². The van der Waals surface area contributed by atoms with Crippen molar-refractivity contribution in [2.75, 3.05) is 13.2 Å². The fraction of sp³-hybridized carbons (Fsp3) is 0.500. The molecule has 1 aliphatic heterocycles. The lowest BCUT2D eigenvalue weighted by Crippen LogP contribution is -2.31. The summed E-state index contributed by atoms with van der Waals surface area (Å²) < 4.78 is 11.5. The van der Waals surface area contributed by atoms with Crippen LogP contribution in [0.25, 0.3) is 0 Å². The van der Waals surface area contributed by atoms with Gasteiger partial charge in [0.15, 0.2) is 0 Å². The molecule has 1 unspecified atom stereocenters. The third-order valence-electron chi connectivity index (χ3n) is 3.65. The molecule has 0 amide bonds. The first-order valence-electron chi connectivity index (χ1n) is 7.20. The van der Waals surface area contributed by atoms with E-state index in [0.29, 0.717) is 6.10 Å². The molecule has 0 bridgehead atoms. The maximum atomic E-state index is 5.78. The molecule has 1 atom stereocenters. The van der Waals surface area contributed by atoms with Crippen LogP contribution in [0.4, 0.5) is 0 Å². The summed E-state index contributed by atoms with van der Waals surface area (Å²) in [6.45, 7) is 5.70. The third kappa shape index (κ3) is 3.72. The second-order valence-corrected chi connectivity index (χ2v) is 6.23. The zero-order chi connectivity index (χ0) is 13.8. The van der Waals surface area contributed by atoms with Crippen molar-refractivity contribution < 1.29 is 9.15 Å². The van der Waals surface area contributed by atoms with Gasteiger partial charge in [0.05, 0.1) is 12.6 Å². The molecule has 2 aromatic heterocycles. The molecule has 3 heterocycles. The Balaban J connectivity index is 1.65. The van der Waals surface area contributed by atoms with Crippen LogP contribution in [0.15, 0.2) is 33.4 Å². The van der Waals surface area contributed by atoms with Crippen molar-refractivity contribution in [3.63, 3.8) is 0 Å². The van der Waals surface area contributed by atoms with Gasteiger partial charge in [-0.15, -0.1) is 0 Å². The van der Waals surface area contributed by atoms with Crippen molar-refractivity contribution in [2.45, 2.75) is 39.0 Å². The summed E-state index contributed by atoms with van der Waals surface area (Å²) in [7, 11) is 0. The van der Waals surface area contributed by atoms with Gasteiger partial charge >= 0.3 is 0 Å². The Morgan fingerprint density at radius 3 is 2.90 bits per heavy atom. The molecule has 20 heavy (non-hydrogen) atoms. The largest absolute Gasteiger partial charge is 0.465 e. The van der Waals surface area contributed by atoms with Crippen LogP contribution in [-0.4, -0.2) is 24.2 Å². The quantitative estimate of drug-likeness (QED) is 0.809. The lowest BCUT2D eigenvalue weighted by atomic mass is 10.2. The fourth-order valence-electron chi connectivity index (χ4n) is 2.69. The summed E-state index contributed by atoms with van der Waals surface area (Å²) in [5.41, 5.74) is 1.37. The van der Waals surface area contributed by atoms with E-state index < -0.39 is 0 Å². The summed E-state index contributed by atoms with van der Waals surface area (Å²) >= 11 is 1.75. The molecule has 3 rings (SSSR count). The van der Waals surface area contributed by atoms with Crippen molar-refractivity contribution in [1.29, 1.82) is 0 Å². The van der Waals surface area contributed by atoms with Gasteiger partial charge in [-0.25, -0.2) is 0 Å². The first-order chi connectivity index (χ1) is 9.79. The van der Waals surface area contributed by atoms with E-state index in [-0.39, 0.29) is 0 Å². The lowest BCUT2D eigenvalue weighted by molar-refractivity contribution is 0.0654. The van der Waals surface area contributed by atoms with E-state index in [1.54, 1.807) is 11.3 Å². The fourth-order valence-corrected chi connectivity index (χ4v) is 3.35. The predicted octanol–water partition coefficient (Wildman–Crippen LogP) is 3.83. The van der Waals surface area contributed by atoms with Crippen molar-refractivity contribution in [2.24, 2.45) is 0 Å². The first-order valence-corrected chi connectivity index (χ1v) is 8.14. The number of rotatable bonds is 6. The Kier molecular flexibility index (Phi) is 4.55. The highest BCUT2D eigenvalue weighted by molar-refractivity contribution is 7.07. The van der Waals surface area contributed by atoms with Crippen LogP contribution in [0.1, 0.15) is 29.9 Å². The molecule has 1 aliphatic rings. The summed E-state index contributed by atoms with van der Waals surface area (Å²) in [6, 6.07) is 6.30. The molecule has 108 valence electrons. The maximum absolute atomic E-state index is 5.78. The van der Waals surface area contributed by atoms with Crippen LogP contribution in [0, 0.1) is 6.92 Å². The minimum absolute atomic E-state index is 0.379. The highest BCUT2D eigenvalue weighted by Gasteiger charge is 2.20. The van der Waals surface area contributed by atoms with Gasteiger partial charge < -0.3 is 9.15 Å². The standard InChI is InChI=1S/C16H21NO2S/c1-13-4-5-16(19-13)11-17(9-14-6-8-20-12-14)10-15-3-2-7-18-15/h4-6,8,12,15H,2-3,7,9-11H2,1H3. The smallest absolute Gasteiger partial charge is 0.118 e. The third-order valence-corrected chi connectivity index (χ3v) is 4.38. The van der Waals surface area contributed by atoms with Crippen molar-refractivity contribution in [3.05, 3.63) is 46.0 Å². The van der Waals surface area contributed by atoms with E-state index in [1.165, 1.54) is 18.4 Å². The van der Waals surface area contributed by atoms with E-state index in [9.17, 15) is 0 Å². The monoisotopic (exact) mass is 291 g/mol. The van der Waals surface area contributed by atoms with E-state index in [2.05, 4.69) is 27.8 Å². The SMILES string of the molecule is Cc1ccc(CN(Cc2ccsc2)CC2CCCO2)o1. The van der Waals surface area contributed by atoms with Crippen LogP contribution in [-0.2, 0) is 17.8 Å². The zero-order valence-corrected chi connectivity index (χ0v) is 12.7. The number of hydrogen-bond acceptors (Lipinski definition) is 4. The number of furan rings is 1. The van der Waals surface area contributed by atoms with Crippen LogP contribution in [0.3, 0.4) is 0 Å². The van der Waals surface area contributed by atoms with Gasteiger partial charge in [-0.1, -0.05) is 0 Å². The minimum atomic E-state index is 0.379. The van der Waals surface area contributed by atoms with E-state index in [1.807, 2.05) is 13.0 Å². The second kappa shape index (κ2) is 6.57.